The molecule has 1 aromatic carbocycles. The zero-order chi connectivity index (χ0) is 21.4. The highest BCUT2D eigenvalue weighted by Crippen LogP contribution is 2.42. The minimum atomic E-state index is -0.312. The molecule has 3 heterocycles. The first-order chi connectivity index (χ1) is 14.4. The Labute approximate surface area is 183 Å². The van der Waals surface area contributed by atoms with Crippen LogP contribution in [0.25, 0.3) is 10.2 Å². The van der Waals surface area contributed by atoms with Crippen LogP contribution in [-0.2, 0) is 17.7 Å². The maximum absolute atomic E-state index is 12.6. The summed E-state index contributed by atoms with van der Waals surface area (Å²) < 4.78 is 16.9. The quantitative estimate of drug-likeness (QED) is 0.551. The van der Waals surface area contributed by atoms with E-state index in [0.717, 1.165) is 40.3 Å². The lowest BCUT2D eigenvalue weighted by molar-refractivity contribution is 0.0600. The summed E-state index contributed by atoms with van der Waals surface area (Å²) in [6, 6.07) is 4.21. The number of methoxy groups -OCH3 is 3. The number of ether oxygens (including phenoxy) is 3. The number of fused-ring (bicyclic) bond motifs is 2. The van der Waals surface area contributed by atoms with Crippen LogP contribution >= 0.6 is 22.7 Å². The van der Waals surface area contributed by atoms with Crippen molar-refractivity contribution in [2.45, 2.75) is 32.9 Å². The SMILES string of the molecule is COC(=O)c1c(Nc2nc3c(OC)cc(OC)cc3s2)sc2c1CCN(C(C)C)C2. The van der Waals surface area contributed by atoms with Gasteiger partial charge in [-0.15, -0.1) is 11.3 Å². The van der Waals surface area contributed by atoms with Crippen molar-refractivity contribution in [1.29, 1.82) is 0 Å². The number of thiazole rings is 1. The van der Waals surface area contributed by atoms with Crippen molar-refractivity contribution in [3.63, 3.8) is 0 Å². The molecule has 0 spiro atoms. The minimum Gasteiger partial charge on any atom is -0.497 e. The number of hydrogen-bond acceptors (Lipinski definition) is 9. The van der Waals surface area contributed by atoms with Gasteiger partial charge in [0.1, 0.15) is 22.0 Å². The standard InChI is InChI=1S/C21H25N3O4S2/c1-11(2)24-7-6-13-16(10-24)29-19(17(13)20(25)28-5)23-21-22-18-14(27-4)8-12(26-3)9-15(18)30-21/h8-9,11H,6-7,10H2,1-5H3,(H,22,23). The number of hydrogen-bond donors (Lipinski definition) is 1. The van der Waals surface area contributed by atoms with Gasteiger partial charge in [0.2, 0.25) is 0 Å². The fraction of sp³-hybridized carbons (Fsp3) is 0.429. The number of anilines is 2. The molecule has 0 fully saturated rings. The third kappa shape index (κ3) is 3.73. The molecule has 3 aromatic rings. The van der Waals surface area contributed by atoms with Gasteiger partial charge in [-0.1, -0.05) is 11.3 Å². The summed E-state index contributed by atoms with van der Waals surface area (Å²) in [6.07, 6.45) is 0.834. The van der Waals surface area contributed by atoms with Crippen molar-refractivity contribution < 1.29 is 19.0 Å². The second-order valence-corrected chi connectivity index (χ2v) is 9.47. The Morgan fingerprint density at radius 1 is 1.20 bits per heavy atom. The molecule has 1 N–H and O–H groups in total. The van der Waals surface area contributed by atoms with Crippen LogP contribution in [0.3, 0.4) is 0 Å². The van der Waals surface area contributed by atoms with E-state index in [1.807, 2.05) is 12.1 Å². The van der Waals surface area contributed by atoms with E-state index in [1.165, 1.54) is 23.3 Å². The topological polar surface area (TPSA) is 72.9 Å². The minimum absolute atomic E-state index is 0.312. The van der Waals surface area contributed by atoms with Gasteiger partial charge in [-0.3, -0.25) is 4.90 Å². The van der Waals surface area contributed by atoms with Crippen LogP contribution in [0, 0.1) is 0 Å². The molecule has 2 aromatic heterocycles. The Bertz CT molecular complexity index is 1090. The first-order valence-electron chi connectivity index (χ1n) is 9.71. The van der Waals surface area contributed by atoms with E-state index >= 15 is 0 Å². The molecule has 0 bridgehead atoms. The number of esters is 1. The lowest BCUT2D eigenvalue weighted by atomic mass is 10.0. The number of thiophene rings is 1. The van der Waals surface area contributed by atoms with Crippen molar-refractivity contribution in [2.24, 2.45) is 0 Å². The highest BCUT2D eigenvalue weighted by atomic mass is 32.1. The third-order valence-electron chi connectivity index (χ3n) is 5.32. The summed E-state index contributed by atoms with van der Waals surface area (Å²) in [6.45, 7) is 6.17. The van der Waals surface area contributed by atoms with Gasteiger partial charge < -0.3 is 19.5 Å². The van der Waals surface area contributed by atoms with Crippen molar-refractivity contribution in [3.05, 3.63) is 28.1 Å². The molecule has 0 amide bonds. The van der Waals surface area contributed by atoms with Crippen LogP contribution in [0.1, 0.15) is 34.6 Å². The average Bonchev–Trinajstić information content (AvgIpc) is 3.31. The van der Waals surface area contributed by atoms with Crippen LogP contribution < -0.4 is 14.8 Å². The molecule has 1 aliphatic heterocycles. The predicted octanol–water partition coefficient (Wildman–Crippen LogP) is 4.67. The molecule has 1 aliphatic rings. The Hall–Kier alpha value is -2.36. The molecule has 0 atom stereocenters. The molecular weight excluding hydrogens is 422 g/mol. The Kier molecular flexibility index (Phi) is 5.86. The number of carbonyl (C=O) groups excluding carboxylic acids is 1. The van der Waals surface area contributed by atoms with E-state index < -0.39 is 0 Å². The van der Waals surface area contributed by atoms with Gasteiger partial charge in [-0.05, 0) is 31.9 Å². The molecule has 0 aliphatic carbocycles. The van der Waals surface area contributed by atoms with E-state index in [-0.39, 0.29) is 5.97 Å². The summed E-state index contributed by atoms with van der Waals surface area (Å²) in [5.74, 6) is 1.05. The van der Waals surface area contributed by atoms with E-state index in [2.05, 4.69) is 24.1 Å². The Morgan fingerprint density at radius 2 is 2.00 bits per heavy atom. The van der Waals surface area contributed by atoms with Crippen LogP contribution in [0.2, 0.25) is 0 Å². The van der Waals surface area contributed by atoms with Crippen LogP contribution in [-0.4, -0.2) is 49.8 Å². The average molecular weight is 448 g/mol. The Balaban J connectivity index is 1.73. The highest BCUT2D eigenvalue weighted by Gasteiger charge is 2.29. The fourth-order valence-electron chi connectivity index (χ4n) is 3.67. The normalized spacial score (nSPS) is 14.1. The monoisotopic (exact) mass is 447 g/mol. The van der Waals surface area contributed by atoms with Crippen molar-refractivity contribution in [2.75, 3.05) is 33.2 Å². The molecule has 0 radical (unpaired) electrons. The zero-order valence-corrected chi connectivity index (χ0v) is 19.3. The van der Waals surface area contributed by atoms with Crippen LogP contribution in [0.5, 0.6) is 11.5 Å². The largest absolute Gasteiger partial charge is 0.497 e. The predicted molar refractivity (Wildman–Crippen MR) is 121 cm³/mol. The maximum Gasteiger partial charge on any atom is 0.341 e. The lowest BCUT2D eigenvalue weighted by Crippen LogP contribution is -2.35. The molecule has 4 rings (SSSR count). The van der Waals surface area contributed by atoms with Gasteiger partial charge in [-0.2, -0.15) is 0 Å². The first-order valence-corrected chi connectivity index (χ1v) is 11.3. The van der Waals surface area contributed by atoms with Crippen molar-refractivity contribution >= 4 is 49.0 Å². The molecule has 30 heavy (non-hydrogen) atoms. The van der Waals surface area contributed by atoms with Gasteiger partial charge in [-0.25, -0.2) is 9.78 Å². The summed E-state index contributed by atoms with van der Waals surface area (Å²) in [5.41, 5.74) is 2.48. The number of rotatable bonds is 6. The zero-order valence-electron chi connectivity index (χ0n) is 17.7. The molecular formula is C21H25N3O4S2. The number of nitrogens with zero attached hydrogens (tertiary/aromatic N) is 2. The van der Waals surface area contributed by atoms with Crippen LogP contribution in [0.15, 0.2) is 12.1 Å². The summed E-state index contributed by atoms with van der Waals surface area (Å²) in [5, 5.41) is 4.85. The smallest absolute Gasteiger partial charge is 0.341 e. The molecule has 0 saturated carbocycles. The third-order valence-corrected chi connectivity index (χ3v) is 7.37. The van der Waals surface area contributed by atoms with Crippen molar-refractivity contribution in [3.8, 4) is 11.5 Å². The van der Waals surface area contributed by atoms with Crippen molar-refractivity contribution in [1.82, 2.24) is 9.88 Å². The van der Waals surface area contributed by atoms with Gasteiger partial charge in [0, 0.05) is 30.1 Å². The van der Waals surface area contributed by atoms with E-state index in [0.29, 0.717) is 28.2 Å². The van der Waals surface area contributed by atoms with Gasteiger partial charge >= 0.3 is 5.97 Å². The van der Waals surface area contributed by atoms with E-state index in [1.54, 1.807) is 25.6 Å². The van der Waals surface area contributed by atoms with Crippen LogP contribution in [0.4, 0.5) is 10.1 Å². The highest BCUT2D eigenvalue weighted by molar-refractivity contribution is 7.23. The number of benzene rings is 1. The molecule has 0 unspecified atom stereocenters. The van der Waals surface area contributed by atoms with E-state index in [4.69, 9.17) is 19.2 Å². The van der Waals surface area contributed by atoms with Gasteiger partial charge in [0.05, 0.1) is 31.6 Å². The summed E-state index contributed by atoms with van der Waals surface area (Å²) in [4.78, 5) is 20.9. The second-order valence-electron chi connectivity index (χ2n) is 7.33. The first kappa shape index (κ1) is 20.9. The van der Waals surface area contributed by atoms with E-state index in [9.17, 15) is 4.79 Å². The lowest BCUT2D eigenvalue weighted by Gasteiger charge is -2.30. The van der Waals surface area contributed by atoms with Gasteiger partial charge in [0.25, 0.3) is 0 Å². The Morgan fingerprint density at radius 3 is 2.67 bits per heavy atom. The second kappa shape index (κ2) is 8.41. The summed E-state index contributed by atoms with van der Waals surface area (Å²) in [7, 11) is 4.66. The molecule has 160 valence electrons. The maximum atomic E-state index is 12.6. The number of nitrogens with one attached hydrogen (secondary N) is 1. The summed E-state index contributed by atoms with van der Waals surface area (Å²) >= 11 is 3.10. The molecule has 7 nitrogen and oxygen atoms in total. The molecule has 0 saturated heterocycles. The number of carbonyl (C=O) groups is 1. The fourth-order valence-corrected chi connectivity index (χ4v) is 5.91. The van der Waals surface area contributed by atoms with Gasteiger partial charge in [0.15, 0.2) is 5.13 Å². The number of aromatic nitrogens is 1. The molecule has 9 heteroatoms.